The highest BCUT2D eigenvalue weighted by atomic mass is 35.5. The second kappa shape index (κ2) is 5.87. The molecule has 6 heteroatoms. The number of amides is 1. The number of carbonyl (C=O) groups excluding carboxylic acids is 1. The molecule has 1 atom stereocenters. The van der Waals surface area contributed by atoms with E-state index in [0.29, 0.717) is 16.1 Å². The van der Waals surface area contributed by atoms with Gasteiger partial charge in [0, 0.05) is 18.8 Å². The number of aromatic nitrogens is 2. The Labute approximate surface area is 128 Å². The summed E-state index contributed by atoms with van der Waals surface area (Å²) in [6, 6.07) is 5.27. The highest BCUT2D eigenvalue weighted by molar-refractivity contribution is 6.34. The number of halogens is 1. The largest absolute Gasteiger partial charge is 0.383 e. The van der Waals surface area contributed by atoms with E-state index in [2.05, 4.69) is 10.4 Å². The molecule has 1 amide bonds. The van der Waals surface area contributed by atoms with Crippen LogP contribution in [-0.2, 0) is 12.6 Å². The first-order chi connectivity index (χ1) is 9.81. The van der Waals surface area contributed by atoms with Crippen molar-refractivity contribution in [1.82, 2.24) is 15.1 Å². The second-order valence-corrected chi connectivity index (χ2v) is 5.67. The van der Waals surface area contributed by atoms with E-state index in [1.165, 1.54) is 0 Å². The van der Waals surface area contributed by atoms with E-state index < -0.39 is 5.60 Å². The Bertz CT molecular complexity index is 665. The van der Waals surface area contributed by atoms with Gasteiger partial charge in [-0.1, -0.05) is 23.7 Å². The molecule has 1 aromatic carbocycles. The number of carbonyl (C=O) groups is 1. The van der Waals surface area contributed by atoms with E-state index in [9.17, 15) is 9.90 Å². The zero-order valence-corrected chi connectivity index (χ0v) is 13.0. The van der Waals surface area contributed by atoms with Gasteiger partial charge in [0.25, 0.3) is 5.91 Å². The maximum absolute atomic E-state index is 12.2. The molecule has 0 saturated heterocycles. The molecule has 0 aliphatic rings. The third-order valence-corrected chi connectivity index (χ3v) is 3.86. The predicted molar refractivity (Wildman–Crippen MR) is 81.3 cm³/mol. The monoisotopic (exact) mass is 307 g/mol. The number of rotatable bonds is 4. The summed E-state index contributed by atoms with van der Waals surface area (Å²) in [6.45, 7) is 3.54. The molecule has 0 aliphatic carbocycles. The summed E-state index contributed by atoms with van der Waals surface area (Å²) < 4.78 is 1.60. The predicted octanol–water partition coefficient (Wildman–Crippen LogP) is 2.02. The van der Waals surface area contributed by atoms with Gasteiger partial charge in [0.2, 0.25) is 0 Å². The van der Waals surface area contributed by atoms with Gasteiger partial charge in [-0.2, -0.15) is 5.10 Å². The fraction of sp³-hybridized carbons (Fsp3) is 0.333. The van der Waals surface area contributed by atoms with Crippen LogP contribution in [0.4, 0.5) is 0 Å². The highest BCUT2D eigenvalue weighted by Gasteiger charge is 2.26. The van der Waals surface area contributed by atoms with Crippen molar-refractivity contribution < 1.29 is 9.90 Å². The van der Waals surface area contributed by atoms with Crippen LogP contribution in [0.2, 0.25) is 5.02 Å². The lowest BCUT2D eigenvalue weighted by Crippen LogP contribution is -2.38. The van der Waals surface area contributed by atoms with Gasteiger partial charge in [0.15, 0.2) is 0 Å². The lowest BCUT2D eigenvalue weighted by atomic mass is 9.99. The van der Waals surface area contributed by atoms with Crippen molar-refractivity contribution in [2.24, 2.45) is 7.05 Å². The number of nitrogens with zero attached hydrogens (tertiary/aromatic N) is 2. The average Bonchev–Trinajstić information content (AvgIpc) is 2.87. The van der Waals surface area contributed by atoms with Crippen LogP contribution in [0.3, 0.4) is 0 Å². The van der Waals surface area contributed by atoms with E-state index in [4.69, 9.17) is 11.6 Å². The number of aryl methyl sites for hydroxylation is 2. The normalized spacial score (nSPS) is 13.8. The molecule has 0 aliphatic heterocycles. The van der Waals surface area contributed by atoms with Crippen LogP contribution in [0.5, 0.6) is 0 Å². The molecule has 1 unspecified atom stereocenters. The molecule has 2 aromatic rings. The number of nitrogens with one attached hydrogen (secondary N) is 1. The van der Waals surface area contributed by atoms with Gasteiger partial charge in [-0.25, -0.2) is 0 Å². The summed E-state index contributed by atoms with van der Waals surface area (Å²) in [7, 11) is 1.77. The molecule has 0 radical (unpaired) electrons. The van der Waals surface area contributed by atoms with E-state index in [1.54, 1.807) is 43.2 Å². The smallest absolute Gasteiger partial charge is 0.252 e. The van der Waals surface area contributed by atoms with Gasteiger partial charge in [-0.05, 0) is 25.5 Å². The topological polar surface area (TPSA) is 67.2 Å². The summed E-state index contributed by atoms with van der Waals surface area (Å²) in [5.41, 5.74) is 0.683. The van der Waals surface area contributed by atoms with Gasteiger partial charge in [-0.3, -0.25) is 9.48 Å². The van der Waals surface area contributed by atoms with E-state index >= 15 is 0 Å². The van der Waals surface area contributed by atoms with Gasteiger partial charge in [0.1, 0.15) is 5.60 Å². The molecule has 0 saturated carbocycles. The first-order valence-electron chi connectivity index (χ1n) is 6.56. The van der Waals surface area contributed by atoms with Gasteiger partial charge in [0.05, 0.1) is 23.3 Å². The van der Waals surface area contributed by atoms with Crippen LogP contribution in [0.15, 0.2) is 30.6 Å². The third-order valence-electron chi connectivity index (χ3n) is 3.36. The van der Waals surface area contributed by atoms with Crippen molar-refractivity contribution in [1.29, 1.82) is 0 Å². The van der Waals surface area contributed by atoms with Gasteiger partial charge < -0.3 is 10.4 Å². The minimum absolute atomic E-state index is 0.0712. The minimum atomic E-state index is -1.19. The molecule has 1 heterocycles. The second-order valence-electron chi connectivity index (χ2n) is 5.30. The summed E-state index contributed by atoms with van der Waals surface area (Å²) in [5.74, 6) is -0.312. The van der Waals surface area contributed by atoms with E-state index in [-0.39, 0.29) is 12.5 Å². The van der Waals surface area contributed by atoms with Crippen LogP contribution in [0.1, 0.15) is 28.4 Å². The molecule has 1 aromatic heterocycles. The number of benzene rings is 1. The lowest BCUT2D eigenvalue weighted by Gasteiger charge is -2.22. The Hall–Kier alpha value is -1.85. The Morgan fingerprint density at radius 1 is 1.52 bits per heavy atom. The van der Waals surface area contributed by atoms with Gasteiger partial charge in [-0.15, -0.1) is 0 Å². The van der Waals surface area contributed by atoms with E-state index in [1.807, 2.05) is 13.0 Å². The van der Waals surface area contributed by atoms with Crippen molar-refractivity contribution in [2.45, 2.75) is 19.4 Å². The maximum atomic E-state index is 12.2. The molecule has 21 heavy (non-hydrogen) atoms. The number of hydrogen-bond donors (Lipinski definition) is 2. The molecule has 5 nitrogen and oxygen atoms in total. The summed E-state index contributed by atoms with van der Waals surface area (Å²) >= 11 is 6.12. The molecule has 2 rings (SSSR count). The Balaban J connectivity index is 2.09. The fourth-order valence-corrected chi connectivity index (χ4v) is 2.18. The summed E-state index contributed by atoms with van der Waals surface area (Å²) in [6.07, 6.45) is 3.29. The first-order valence-corrected chi connectivity index (χ1v) is 6.94. The molecular weight excluding hydrogens is 290 g/mol. The van der Waals surface area contributed by atoms with Gasteiger partial charge >= 0.3 is 0 Å². The third kappa shape index (κ3) is 3.43. The summed E-state index contributed by atoms with van der Waals surface area (Å²) in [4.78, 5) is 12.2. The van der Waals surface area contributed by atoms with Crippen molar-refractivity contribution in [3.8, 4) is 0 Å². The van der Waals surface area contributed by atoms with Crippen LogP contribution in [0.25, 0.3) is 0 Å². The molecule has 112 valence electrons. The maximum Gasteiger partial charge on any atom is 0.252 e. The zero-order valence-electron chi connectivity index (χ0n) is 12.2. The van der Waals surface area contributed by atoms with E-state index in [0.717, 1.165) is 5.56 Å². The fourth-order valence-electron chi connectivity index (χ4n) is 1.97. The number of aliphatic hydroxyl groups is 1. The highest BCUT2D eigenvalue weighted by Crippen LogP contribution is 2.21. The molecule has 0 fully saturated rings. The molecule has 0 spiro atoms. The molecule has 2 N–H and O–H groups in total. The average molecular weight is 308 g/mol. The minimum Gasteiger partial charge on any atom is -0.383 e. The first kappa shape index (κ1) is 15.5. The Morgan fingerprint density at radius 2 is 2.24 bits per heavy atom. The van der Waals surface area contributed by atoms with Crippen molar-refractivity contribution in [3.63, 3.8) is 0 Å². The Morgan fingerprint density at radius 3 is 2.86 bits per heavy atom. The van der Waals surface area contributed by atoms with Crippen molar-refractivity contribution in [2.75, 3.05) is 6.54 Å². The van der Waals surface area contributed by atoms with Crippen LogP contribution < -0.4 is 5.32 Å². The quantitative estimate of drug-likeness (QED) is 0.908. The lowest BCUT2D eigenvalue weighted by molar-refractivity contribution is 0.0526. The van der Waals surface area contributed by atoms with Crippen molar-refractivity contribution in [3.05, 3.63) is 52.3 Å². The SMILES string of the molecule is Cc1cccc(C(=O)NCC(C)(O)c2cnn(C)c2)c1Cl. The standard InChI is InChI=1S/C15H18ClN3O2/c1-10-5-4-6-12(13(10)16)14(20)17-9-15(2,21)11-7-18-19(3)8-11/h4-8,21H,9H2,1-3H3,(H,17,20). The van der Waals surface area contributed by atoms with Crippen LogP contribution in [0, 0.1) is 6.92 Å². The van der Waals surface area contributed by atoms with Crippen LogP contribution in [-0.4, -0.2) is 27.3 Å². The Kier molecular flexibility index (Phi) is 4.34. The summed E-state index contributed by atoms with van der Waals surface area (Å²) in [5, 5.41) is 17.6. The number of hydrogen-bond acceptors (Lipinski definition) is 3. The molecule has 0 bridgehead atoms. The van der Waals surface area contributed by atoms with Crippen molar-refractivity contribution >= 4 is 17.5 Å². The van der Waals surface area contributed by atoms with Crippen LogP contribution >= 0.6 is 11.6 Å². The zero-order chi connectivity index (χ0) is 15.6. The molecular formula is C15H18ClN3O2.